The van der Waals surface area contributed by atoms with Crippen molar-refractivity contribution in [2.75, 3.05) is 0 Å². The molecule has 0 radical (unpaired) electrons. The number of rotatable bonds is 6. The van der Waals surface area contributed by atoms with Crippen LogP contribution in [0.4, 0.5) is 5.69 Å². The molecular weight excluding hydrogens is 515 g/mol. The zero-order valence-electron chi connectivity index (χ0n) is 18.9. The van der Waals surface area contributed by atoms with Gasteiger partial charge in [0.25, 0.3) is 11.6 Å². The molecule has 3 aromatic carbocycles. The van der Waals surface area contributed by atoms with Crippen molar-refractivity contribution in [2.24, 2.45) is 5.10 Å². The smallest absolute Gasteiger partial charge is 0.288 e. The average molecular weight is 531 g/mol. The number of hydrogen-bond acceptors (Lipinski definition) is 6. The van der Waals surface area contributed by atoms with E-state index in [1.54, 1.807) is 18.2 Å². The van der Waals surface area contributed by atoms with Gasteiger partial charge in [-0.1, -0.05) is 71.7 Å². The largest absolute Gasteiger partial charge is 0.455 e. The summed E-state index contributed by atoms with van der Waals surface area (Å²) in [5, 5.41) is 16.0. The Morgan fingerprint density at radius 1 is 0.973 bits per heavy atom. The van der Waals surface area contributed by atoms with Gasteiger partial charge in [-0.15, -0.1) is 0 Å². The normalized spacial score (nSPS) is 11.2. The van der Waals surface area contributed by atoms with Crippen molar-refractivity contribution in [1.29, 1.82) is 0 Å². The maximum Gasteiger partial charge on any atom is 0.288 e. The number of nitro benzene ring substituents is 1. The number of carbonyl (C=O) groups is 1. The number of pyridine rings is 1. The van der Waals surface area contributed by atoms with Crippen LogP contribution in [0, 0.1) is 10.1 Å². The molecule has 1 amide bonds. The van der Waals surface area contributed by atoms with Crippen molar-refractivity contribution in [3.8, 4) is 22.6 Å². The van der Waals surface area contributed by atoms with Crippen molar-refractivity contribution >= 4 is 51.9 Å². The first-order valence-electron chi connectivity index (χ1n) is 10.9. The number of amides is 1. The zero-order chi connectivity index (χ0) is 25.9. The maximum atomic E-state index is 13.1. The second-order valence-corrected chi connectivity index (χ2v) is 8.69. The maximum absolute atomic E-state index is 13.1. The van der Waals surface area contributed by atoms with Crippen molar-refractivity contribution in [3.05, 3.63) is 116 Å². The van der Waals surface area contributed by atoms with Gasteiger partial charge in [-0.2, -0.15) is 5.10 Å². The lowest BCUT2D eigenvalue weighted by atomic mass is 10.0. The van der Waals surface area contributed by atoms with Crippen LogP contribution in [-0.4, -0.2) is 22.0 Å². The molecule has 0 saturated heterocycles. The van der Waals surface area contributed by atoms with Crippen LogP contribution in [0.2, 0.25) is 10.0 Å². The number of carbonyl (C=O) groups excluding carboxylic acids is 1. The van der Waals surface area contributed by atoms with E-state index in [9.17, 15) is 14.9 Å². The fourth-order valence-electron chi connectivity index (χ4n) is 3.77. The lowest BCUT2D eigenvalue weighted by Crippen LogP contribution is -2.18. The SMILES string of the molecule is O=C(N/N=C/c1ccc(-c2cc([N+](=O)[O-])c(Cl)cc2Cl)o1)c1cc(-c2ccccc2)nc2ccccc12. The van der Waals surface area contributed by atoms with Crippen LogP contribution in [0.15, 0.2) is 94.4 Å². The van der Waals surface area contributed by atoms with E-state index >= 15 is 0 Å². The van der Waals surface area contributed by atoms with Crippen LogP contribution in [0.5, 0.6) is 0 Å². The number of hydrazone groups is 1. The molecule has 0 aliphatic carbocycles. The lowest BCUT2D eigenvalue weighted by molar-refractivity contribution is -0.384. The summed E-state index contributed by atoms with van der Waals surface area (Å²) in [5.74, 6) is 0.161. The Morgan fingerprint density at radius 3 is 2.51 bits per heavy atom. The highest BCUT2D eigenvalue weighted by Crippen LogP contribution is 2.37. The first kappa shape index (κ1) is 24.2. The number of fused-ring (bicyclic) bond motifs is 1. The lowest BCUT2D eigenvalue weighted by Gasteiger charge is -2.09. The summed E-state index contributed by atoms with van der Waals surface area (Å²) in [4.78, 5) is 28.4. The Balaban J connectivity index is 1.39. The van der Waals surface area contributed by atoms with Crippen molar-refractivity contribution < 1.29 is 14.1 Å². The van der Waals surface area contributed by atoms with Crippen molar-refractivity contribution in [3.63, 3.8) is 0 Å². The van der Waals surface area contributed by atoms with Crippen LogP contribution in [0.25, 0.3) is 33.5 Å². The number of nitro groups is 1. The molecule has 182 valence electrons. The van der Waals surface area contributed by atoms with E-state index in [1.807, 2.05) is 54.6 Å². The van der Waals surface area contributed by atoms with E-state index in [2.05, 4.69) is 15.5 Å². The highest BCUT2D eigenvalue weighted by atomic mass is 35.5. The number of benzene rings is 3. The average Bonchev–Trinajstić information content (AvgIpc) is 3.36. The quantitative estimate of drug-likeness (QED) is 0.142. The van der Waals surface area contributed by atoms with Gasteiger partial charge in [0.2, 0.25) is 0 Å². The van der Waals surface area contributed by atoms with Gasteiger partial charge < -0.3 is 4.42 Å². The molecule has 5 aromatic rings. The Labute approximate surface area is 220 Å². The monoisotopic (exact) mass is 530 g/mol. The van der Waals surface area contributed by atoms with E-state index in [0.29, 0.717) is 33.5 Å². The molecule has 2 heterocycles. The predicted octanol–water partition coefficient (Wildman–Crippen LogP) is 7.14. The molecule has 0 spiro atoms. The van der Waals surface area contributed by atoms with Crippen molar-refractivity contribution in [2.45, 2.75) is 0 Å². The fourth-order valence-corrected chi connectivity index (χ4v) is 4.31. The molecule has 2 aromatic heterocycles. The molecule has 10 heteroatoms. The van der Waals surface area contributed by atoms with Crippen LogP contribution in [-0.2, 0) is 0 Å². The predicted molar refractivity (Wildman–Crippen MR) is 143 cm³/mol. The second kappa shape index (κ2) is 10.2. The third-order valence-corrected chi connectivity index (χ3v) is 6.13. The standard InChI is InChI=1S/C27H16Cl2N4O4/c28-21-14-22(29)25(33(35)36)13-20(21)26-11-10-17(37-26)15-30-32-27(34)19-12-24(16-6-2-1-3-7-16)31-23-9-5-4-8-18(19)23/h1-15H,(H,32,34)/b30-15+. The highest BCUT2D eigenvalue weighted by Gasteiger charge is 2.19. The molecule has 0 atom stereocenters. The summed E-state index contributed by atoms with van der Waals surface area (Å²) < 4.78 is 5.70. The van der Waals surface area contributed by atoms with Crippen LogP contribution < -0.4 is 5.43 Å². The molecular formula is C27H16Cl2N4O4. The number of halogens is 2. The summed E-state index contributed by atoms with van der Waals surface area (Å²) in [6.45, 7) is 0. The summed E-state index contributed by atoms with van der Waals surface area (Å²) >= 11 is 12.1. The highest BCUT2D eigenvalue weighted by molar-refractivity contribution is 6.37. The van der Waals surface area contributed by atoms with Gasteiger partial charge in [-0.25, -0.2) is 10.4 Å². The Hall–Kier alpha value is -4.53. The Bertz CT molecular complexity index is 1680. The third kappa shape index (κ3) is 5.06. The summed E-state index contributed by atoms with van der Waals surface area (Å²) in [5.41, 5.74) is 5.18. The van der Waals surface area contributed by atoms with Crippen molar-refractivity contribution in [1.82, 2.24) is 10.4 Å². The molecule has 0 fully saturated rings. The fraction of sp³-hybridized carbons (Fsp3) is 0. The Morgan fingerprint density at radius 2 is 1.73 bits per heavy atom. The third-order valence-electron chi connectivity index (χ3n) is 5.51. The molecule has 0 aliphatic rings. The number of nitrogens with zero attached hydrogens (tertiary/aromatic N) is 3. The first-order chi connectivity index (χ1) is 17.9. The molecule has 5 rings (SSSR count). The molecule has 8 nitrogen and oxygen atoms in total. The number of hydrogen-bond donors (Lipinski definition) is 1. The number of furan rings is 1. The summed E-state index contributed by atoms with van der Waals surface area (Å²) in [6.07, 6.45) is 1.32. The minimum absolute atomic E-state index is 0.0751. The van der Waals surface area contributed by atoms with Crippen LogP contribution in [0.1, 0.15) is 16.1 Å². The summed E-state index contributed by atoms with van der Waals surface area (Å²) in [7, 11) is 0. The molecule has 0 saturated carbocycles. The molecule has 37 heavy (non-hydrogen) atoms. The number of aromatic nitrogens is 1. The van der Waals surface area contributed by atoms with Gasteiger partial charge in [-0.3, -0.25) is 14.9 Å². The van der Waals surface area contributed by atoms with Gasteiger partial charge in [0, 0.05) is 22.6 Å². The van der Waals surface area contributed by atoms with E-state index in [0.717, 1.165) is 5.56 Å². The number of nitrogens with one attached hydrogen (secondary N) is 1. The van der Waals surface area contributed by atoms with E-state index in [-0.39, 0.29) is 21.5 Å². The Kier molecular flexibility index (Phi) is 6.68. The minimum Gasteiger partial charge on any atom is -0.455 e. The molecule has 0 unspecified atom stereocenters. The van der Waals surface area contributed by atoms with Crippen LogP contribution in [0.3, 0.4) is 0 Å². The van der Waals surface area contributed by atoms with E-state index in [4.69, 9.17) is 27.6 Å². The first-order valence-corrected chi connectivity index (χ1v) is 11.7. The zero-order valence-corrected chi connectivity index (χ0v) is 20.4. The van der Waals surface area contributed by atoms with Gasteiger partial charge in [0.1, 0.15) is 16.5 Å². The second-order valence-electron chi connectivity index (χ2n) is 7.88. The summed E-state index contributed by atoms with van der Waals surface area (Å²) in [6, 6.07) is 24.4. The minimum atomic E-state index is -0.602. The molecule has 1 N–H and O–H groups in total. The van der Waals surface area contributed by atoms with Gasteiger partial charge in [-0.05, 0) is 30.3 Å². The van der Waals surface area contributed by atoms with E-state index in [1.165, 1.54) is 18.3 Å². The van der Waals surface area contributed by atoms with Gasteiger partial charge in [0.15, 0.2) is 0 Å². The molecule has 0 bridgehead atoms. The topological polar surface area (TPSA) is 111 Å². The van der Waals surface area contributed by atoms with Crippen LogP contribution >= 0.6 is 23.2 Å². The molecule has 0 aliphatic heterocycles. The van der Waals surface area contributed by atoms with Gasteiger partial charge in [0.05, 0.1) is 32.9 Å². The number of para-hydroxylation sites is 1. The van der Waals surface area contributed by atoms with Gasteiger partial charge >= 0.3 is 0 Å². The van der Waals surface area contributed by atoms with E-state index < -0.39 is 10.8 Å².